The first kappa shape index (κ1) is 35.6. The fourth-order valence-electron chi connectivity index (χ4n) is 5.47. The van der Waals surface area contributed by atoms with Crippen LogP contribution in [0.2, 0.25) is 0 Å². The van der Waals surface area contributed by atoms with Gasteiger partial charge in [0.05, 0.1) is 30.9 Å². The number of aliphatic hydroxyl groups excluding tert-OH is 1. The maximum Gasteiger partial charge on any atom is 0.416 e. The third-order valence-corrected chi connectivity index (χ3v) is 7.70. The van der Waals surface area contributed by atoms with E-state index in [0.717, 1.165) is 54.2 Å². The number of halogens is 3. The standard InChI is InChI=1S/C36H44F3N3O5/c1-5-46-30-21-27(20-29(22-30)41-16-9-10-17-41)33(44)40-31(19-25-12-7-6-8-13-25)32(43)24-42(34(45)47-35(2,3)4)23-26-14-11-15-28(18-26)36(37,38)39/h6-8,11-15,18,20-22,31-32,43H,5,9-10,16-17,19,23-24H2,1-4H3,(H,40,44)/t31-,32+/m0/s1. The highest BCUT2D eigenvalue weighted by molar-refractivity contribution is 5.96. The van der Waals surface area contributed by atoms with E-state index in [-0.39, 0.29) is 25.1 Å². The number of hydrogen-bond donors (Lipinski definition) is 2. The lowest BCUT2D eigenvalue weighted by molar-refractivity contribution is -0.137. The Hall–Kier alpha value is -4.25. The Kier molecular flexibility index (Phi) is 11.8. The zero-order chi connectivity index (χ0) is 34.2. The lowest BCUT2D eigenvalue weighted by atomic mass is 9.99. The van der Waals surface area contributed by atoms with Crippen molar-refractivity contribution in [2.45, 2.75) is 77.4 Å². The number of amides is 2. The van der Waals surface area contributed by atoms with Crippen molar-refractivity contribution in [1.82, 2.24) is 10.2 Å². The Labute approximate surface area is 274 Å². The van der Waals surface area contributed by atoms with Crippen molar-refractivity contribution in [3.63, 3.8) is 0 Å². The molecule has 1 aliphatic heterocycles. The van der Waals surface area contributed by atoms with Gasteiger partial charge in [0.15, 0.2) is 0 Å². The summed E-state index contributed by atoms with van der Waals surface area (Å²) < 4.78 is 51.7. The third kappa shape index (κ3) is 10.6. The maximum absolute atomic E-state index is 13.8. The highest BCUT2D eigenvalue weighted by Gasteiger charge is 2.32. The van der Waals surface area contributed by atoms with Gasteiger partial charge in [-0.15, -0.1) is 0 Å². The van der Waals surface area contributed by atoms with E-state index in [0.29, 0.717) is 17.9 Å². The molecule has 1 aliphatic rings. The summed E-state index contributed by atoms with van der Waals surface area (Å²) in [7, 11) is 0. The lowest BCUT2D eigenvalue weighted by Gasteiger charge is -2.32. The molecule has 2 amide bonds. The van der Waals surface area contributed by atoms with Gasteiger partial charge in [0.2, 0.25) is 0 Å². The maximum atomic E-state index is 13.8. The highest BCUT2D eigenvalue weighted by Crippen LogP contribution is 2.30. The van der Waals surface area contributed by atoms with Crippen LogP contribution < -0.4 is 15.0 Å². The predicted molar refractivity (Wildman–Crippen MR) is 175 cm³/mol. The van der Waals surface area contributed by atoms with Gasteiger partial charge in [-0.1, -0.05) is 42.5 Å². The molecule has 8 nitrogen and oxygen atoms in total. The van der Waals surface area contributed by atoms with Crippen molar-refractivity contribution >= 4 is 17.7 Å². The minimum Gasteiger partial charge on any atom is -0.494 e. The minimum atomic E-state index is -4.56. The summed E-state index contributed by atoms with van der Waals surface area (Å²) in [6, 6.07) is 18.4. The summed E-state index contributed by atoms with van der Waals surface area (Å²) in [5.41, 5.74) is 0.524. The smallest absolute Gasteiger partial charge is 0.416 e. The molecule has 0 bridgehead atoms. The van der Waals surface area contributed by atoms with E-state index in [9.17, 15) is 27.9 Å². The number of carbonyl (C=O) groups is 2. The van der Waals surface area contributed by atoms with Crippen LogP contribution in [0.3, 0.4) is 0 Å². The van der Waals surface area contributed by atoms with E-state index >= 15 is 0 Å². The second kappa shape index (κ2) is 15.6. The fourth-order valence-corrected chi connectivity index (χ4v) is 5.47. The molecule has 3 aromatic rings. The second-order valence-corrected chi connectivity index (χ2v) is 12.7. The molecule has 2 N–H and O–H groups in total. The molecule has 4 rings (SSSR count). The summed E-state index contributed by atoms with van der Waals surface area (Å²) in [6.07, 6.45) is -4.35. The van der Waals surface area contributed by atoms with E-state index in [1.165, 1.54) is 12.1 Å². The number of rotatable bonds is 12. The molecule has 254 valence electrons. The largest absolute Gasteiger partial charge is 0.494 e. The number of benzene rings is 3. The molecule has 0 unspecified atom stereocenters. The molecule has 1 heterocycles. The Morgan fingerprint density at radius 2 is 1.64 bits per heavy atom. The van der Waals surface area contributed by atoms with Crippen LogP contribution in [0.1, 0.15) is 67.6 Å². The molecule has 47 heavy (non-hydrogen) atoms. The van der Waals surface area contributed by atoms with E-state index < -0.39 is 41.5 Å². The van der Waals surface area contributed by atoms with Gasteiger partial charge in [0.25, 0.3) is 5.91 Å². The second-order valence-electron chi connectivity index (χ2n) is 12.7. The number of nitrogens with zero attached hydrogens (tertiary/aromatic N) is 2. The van der Waals surface area contributed by atoms with Crippen molar-refractivity contribution in [2.24, 2.45) is 0 Å². The minimum absolute atomic E-state index is 0.212. The van der Waals surface area contributed by atoms with Gasteiger partial charge in [-0.05, 0) is 82.3 Å². The van der Waals surface area contributed by atoms with Gasteiger partial charge in [-0.25, -0.2) is 4.79 Å². The van der Waals surface area contributed by atoms with Crippen molar-refractivity contribution in [3.8, 4) is 5.75 Å². The van der Waals surface area contributed by atoms with Crippen LogP contribution >= 0.6 is 0 Å². The molecular weight excluding hydrogens is 611 g/mol. The van der Waals surface area contributed by atoms with Gasteiger partial charge in [0, 0.05) is 37.0 Å². The van der Waals surface area contributed by atoms with Gasteiger partial charge in [0.1, 0.15) is 11.4 Å². The molecule has 2 atom stereocenters. The number of ether oxygens (including phenoxy) is 2. The van der Waals surface area contributed by atoms with Crippen molar-refractivity contribution < 1.29 is 37.3 Å². The quantitative estimate of drug-likeness (QED) is 0.222. The van der Waals surface area contributed by atoms with Crippen LogP contribution in [0.5, 0.6) is 5.75 Å². The van der Waals surface area contributed by atoms with E-state index in [1.807, 2.05) is 43.3 Å². The summed E-state index contributed by atoms with van der Waals surface area (Å²) in [5.74, 6) is 0.119. The first-order valence-electron chi connectivity index (χ1n) is 15.9. The molecule has 0 aromatic heterocycles. The van der Waals surface area contributed by atoms with Gasteiger partial charge in [-0.2, -0.15) is 13.2 Å². The molecule has 1 fully saturated rings. The Morgan fingerprint density at radius 1 is 0.957 bits per heavy atom. The number of hydrogen-bond acceptors (Lipinski definition) is 6. The Bertz CT molecular complexity index is 1490. The first-order chi connectivity index (χ1) is 22.2. The van der Waals surface area contributed by atoms with E-state index in [4.69, 9.17) is 9.47 Å². The number of aliphatic hydroxyl groups is 1. The van der Waals surface area contributed by atoms with E-state index in [2.05, 4.69) is 10.2 Å². The van der Waals surface area contributed by atoms with Crippen molar-refractivity contribution in [1.29, 1.82) is 0 Å². The zero-order valence-corrected chi connectivity index (χ0v) is 27.3. The number of alkyl halides is 3. The average Bonchev–Trinajstić information content (AvgIpc) is 3.55. The topological polar surface area (TPSA) is 91.3 Å². The van der Waals surface area contributed by atoms with Crippen LogP contribution in [0.25, 0.3) is 0 Å². The van der Waals surface area contributed by atoms with E-state index in [1.54, 1.807) is 32.9 Å². The Morgan fingerprint density at radius 3 is 2.28 bits per heavy atom. The number of carbonyl (C=O) groups excluding carboxylic acids is 2. The fraction of sp³-hybridized carbons (Fsp3) is 0.444. The summed E-state index contributed by atoms with van der Waals surface area (Å²) in [4.78, 5) is 30.5. The van der Waals surface area contributed by atoms with Gasteiger partial charge in [-0.3, -0.25) is 4.79 Å². The first-order valence-corrected chi connectivity index (χ1v) is 15.9. The van der Waals surface area contributed by atoms with Crippen LogP contribution in [0, 0.1) is 0 Å². The number of anilines is 1. The van der Waals surface area contributed by atoms with Gasteiger partial charge >= 0.3 is 12.3 Å². The molecule has 1 saturated heterocycles. The summed E-state index contributed by atoms with van der Waals surface area (Å²) in [5, 5.41) is 14.6. The lowest BCUT2D eigenvalue weighted by Crippen LogP contribution is -2.51. The van der Waals surface area contributed by atoms with Crippen LogP contribution in [0.15, 0.2) is 72.8 Å². The normalized spacial score (nSPS) is 14.8. The molecule has 11 heteroatoms. The Balaban J connectivity index is 1.62. The van der Waals surface area contributed by atoms with Gasteiger partial charge < -0.3 is 29.7 Å². The van der Waals surface area contributed by atoms with Crippen molar-refractivity contribution in [3.05, 3.63) is 95.1 Å². The molecule has 0 aliphatic carbocycles. The monoisotopic (exact) mass is 655 g/mol. The molecular formula is C36H44F3N3O5. The van der Waals surface area contributed by atoms with Crippen LogP contribution in [0.4, 0.5) is 23.7 Å². The summed E-state index contributed by atoms with van der Waals surface area (Å²) in [6.45, 7) is 8.49. The molecule has 0 spiro atoms. The van der Waals surface area contributed by atoms with Crippen LogP contribution in [-0.2, 0) is 23.9 Å². The number of nitrogens with one attached hydrogen (secondary N) is 1. The highest BCUT2D eigenvalue weighted by atomic mass is 19.4. The predicted octanol–water partition coefficient (Wildman–Crippen LogP) is 6.84. The molecule has 0 saturated carbocycles. The SMILES string of the molecule is CCOc1cc(C(=O)N[C@@H](Cc2ccccc2)[C@H](O)CN(Cc2cccc(C(F)(F)F)c2)C(=O)OC(C)(C)C)cc(N2CCCC2)c1. The molecule has 0 radical (unpaired) electrons. The summed E-state index contributed by atoms with van der Waals surface area (Å²) >= 11 is 0. The van der Waals surface area contributed by atoms with Crippen LogP contribution in [-0.4, -0.2) is 66.0 Å². The van der Waals surface area contributed by atoms with Crippen molar-refractivity contribution in [2.75, 3.05) is 31.1 Å². The zero-order valence-electron chi connectivity index (χ0n) is 27.3. The average molecular weight is 656 g/mol. The third-order valence-electron chi connectivity index (χ3n) is 7.70. The molecule has 3 aromatic carbocycles.